The average Bonchev–Trinajstić information content (AvgIpc) is 3.02. The van der Waals surface area contributed by atoms with Gasteiger partial charge in [0.25, 0.3) is 0 Å². The van der Waals surface area contributed by atoms with Crippen LogP contribution < -0.4 is 10.1 Å². The SMILES string of the molecule is Cc1cccc(OC(C)c2nnc(SCC(=O)Nc3ccc(Br)cc3)n2C)c1. The Morgan fingerprint density at radius 2 is 2.00 bits per heavy atom. The van der Waals surface area contributed by atoms with Gasteiger partial charge in [0.15, 0.2) is 17.1 Å². The fraction of sp³-hybridized carbons (Fsp3) is 0.250. The third-order valence-corrected chi connectivity index (χ3v) is 5.54. The minimum absolute atomic E-state index is 0.0964. The largest absolute Gasteiger partial charge is 0.483 e. The highest BCUT2D eigenvalue weighted by Crippen LogP contribution is 2.24. The molecule has 0 saturated carbocycles. The first-order valence-electron chi connectivity index (χ1n) is 8.73. The molecule has 0 bridgehead atoms. The molecule has 1 unspecified atom stereocenters. The van der Waals surface area contributed by atoms with Crippen LogP contribution in [0.1, 0.15) is 24.4 Å². The number of thioether (sulfide) groups is 1. The first-order valence-corrected chi connectivity index (χ1v) is 10.5. The number of carbonyl (C=O) groups is 1. The van der Waals surface area contributed by atoms with E-state index in [0.29, 0.717) is 11.0 Å². The van der Waals surface area contributed by atoms with E-state index < -0.39 is 0 Å². The number of aryl methyl sites for hydroxylation is 1. The van der Waals surface area contributed by atoms with E-state index in [4.69, 9.17) is 4.74 Å². The van der Waals surface area contributed by atoms with Crippen LogP contribution in [0.3, 0.4) is 0 Å². The molecule has 1 amide bonds. The van der Waals surface area contributed by atoms with Gasteiger partial charge in [0.2, 0.25) is 5.91 Å². The standard InChI is InChI=1S/C20H21BrN4O2S/c1-13-5-4-6-17(11-13)27-14(2)19-23-24-20(25(19)3)28-12-18(26)22-16-9-7-15(21)8-10-16/h4-11,14H,12H2,1-3H3,(H,22,26). The van der Waals surface area contributed by atoms with Crippen LogP contribution in [0.25, 0.3) is 0 Å². The monoisotopic (exact) mass is 460 g/mol. The molecule has 6 nitrogen and oxygen atoms in total. The third kappa shape index (κ3) is 5.36. The van der Waals surface area contributed by atoms with Crippen LogP contribution >= 0.6 is 27.7 Å². The van der Waals surface area contributed by atoms with Gasteiger partial charge >= 0.3 is 0 Å². The van der Waals surface area contributed by atoms with Crippen molar-refractivity contribution in [3.05, 3.63) is 64.4 Å². The van der Waals surface area contributed by atoms with E-state index in [-0.39, 0.29) is 17.8 Å². The van der Waals surface area contributed by atoms with Crippen molar-refractivity contribution in [1.29, 1.82) is 0 Å². The van der Waals surface area contributed by atoms with Crippen molar-refractivity contribution in [2.24, 2.45) is 7.05 Å². The molecule has 8 heteroatoms. The van der Waals surface area contributed by atoms with Gasteiger partial charge in [-0.05, 0) is 55.8 Å². The van der Waals surface area contributed by atoms with Crippen LogP contribution in [0.5, 0.6) is 5.75 Å². The number of anilines is 1. The quantitative estimate of drug-likeness (QED) is 0.514. The zero-order valence-corrected chi connectivity index (χ0v) is 18.3. The van der Waals surface area contributed by atoms with Gasteiger partial charge in [-0.2, -0.15) is 0 Å². The summed E-state index contributed by atoms with van der Waals surface area (Å²) in [7, 11) is 1.88. The van der Waals surface area contributed by atoms with E-state index in [2.05, 4.69) is 31.4 Å². The minimum Gasteiger partial charge on any atom is -0.483 e. The average molecular weight is 461 g/mol. The summed E-state index contributed by atoms with van der Waals surface area (Å²) < 4.78 is 8.80. The molecular weight excluding hydrogens is 440 g/mol. The van der Waals surface area contributed by atoms with Gasteiger partial charge in [-0.25, -0.2) is 0 Å². The van der Waals surface area contributed by atoms with Gasteiger partial charge in [0.1, 0.15) is 5.75 Å². The number of aromatic nitrogens is 3. The number of carbonyl (C=O) groups excluding carboxylic acids is 1. The Morgan fingerprint density at radius 1 is 1.25 bits per heavy atom. The van der Waals surface area contributed by atoms with Gasteiger partial charge in [-0.3, -0.25) is 4.79 Å². The number of halogens is 1. The molecule has 28 heavy (non-hydrogen) atoms. The Morgan fingerprint density at radius 3 is 2.71 bits per heavy atom. The normalized spacial score (nSPS) is 11.9. The molecule has 0 aliphatic rings. The highest BCUT2D eigenvalue weighted by Gasteiger charge is 2.18. The molecule has 146 valence electrons. The lowest BCUT2D eigenvalue weighted by molar-refractivity contribution is -0.113. The molecule has 1 N–H and O–H groups in total. The van der Waals surface area contributed by atoms with Crippen molar-refractivity contribution in [2.75, 3.05) is 11.1 Å². The number of nitrogens with zero attached hydrogens (tertiary/aromatic N) is 3. The summed E-state index contributed by atoms with van der Waals surface area (Å²) in [5.41, 5.74) is 1.89. The fourth-order valence-corrected chi connectivity index (χ4v) is 3.59. The maximum absolute atomic E-state index is 12.2. The van der Waals surface area contributed by atoms with Crippen LogP contribution in [0.2, 0.25) is 0 Å². The molecular formula is C20H21BrN4O2S. The molecule has 0 aliphatic carbocycles. The van der Waals surface area contributed by atoms with E-state index in [0.717, 1.165) is 21.5 Å². The molecule has 3 rings (SSSR count). The maximum atomic E-state index is 12.2. The summed E-state index contributed by atoms with van der Waals surface area (Å²) in [6.07, 6.45) is -0.259. The molecule has 3 aromatic rings. The molecule has 0 aliphatic heterocycles. The highest BCUT2D eigenvalue weighted by atomic mass is 79.9. The van der Waals surface area contributed by atoms with Gasteiger partial charge in [0, 0.05) is 17.2 Å². The first kappa shape index (κ1) is 20.4. The van der Waals surface area contributed by atoms with Crippen molar-refractivity contribution < 1.29 is 9.53 Å². The van der Waals surface area contributed by atoms with Crippen molar-refractivity contribution in [3.8, 4) is 5.75 Å². The second-order valence-corrected chi connectivity index (χ2v) is 8.18. The second-order valence-electron chi connectivity index (χ2n) is 6.32. The molecule has 1 heterocycles. The predicted molar refractivity (Wildman–Crippen MR) is 115 cm³/mol. The van der Waals surface area contributed by atoms with Crippen LogP contribution in [-0.4, -0.2) is 26.4 Å². The number of hydrogen-bond donors (Lipinski definition) is 1. The molecule has 0 radical (unpaired) electrons. The van der Waals surface area contributed by atoms with Crippen LogP contribution in [0.4, 0.5) is 5.69 Å². The zero-order valence-electron chi connectivity index (χ0n) is 15.8. The van der Waals surface area contributed by atoms with Crippen LogP contribution in [-0.2, 0) is 11.8 Å². The lowest BCUT2D eigenvalue weighted by Gasteiger charge is -2.14. The number of nitrogens with one attached hydrogen (secondary N) is 1. The summed E-state index contributed by atoms with van der Waals surface area (Å²) in [5, 5.41) is 12.0. The Balaban J connectivity index is 1.57. The third-order valence-electron chi connectivity index (χ3n) is 3.99. The Kier molecular flexibility index (Phi) is 6.74. The zero-order chi connectivity index (χ0) is 20.1. The van der Waals surface area contributed by atoms with Crippen molar-refractivity contribution in [1.82, 2.24) is 14.8 Å². The van der Waals surface area contributed by atoms with Crippen LogP contribution in [0, 0.1) is 6.92 Å². The topological polar surface area (TPSA) is 69.0 Å². The maximum Gasteiger partial charge on any atom is 0.234 e. The number of ether oxygens (including phenoxy) is 1. The van der Waals surface area contributed by atoms with Gasteiger partial charge in [0.05, 0.1) is 5.75 Å². The summed E-state index contributed by atoms with van der Waals surface area (Å²) in [4.78, 5) is 12.2. The van der Waals surface area contributed by atoms with E-state index in [9.17, 15) is 4.79 Å². The number of amides is 1. The molecule has 1 aromatic heterocycles. The molecule has 0 spiro atoms. The minimum atomic E-state index is -0.259. The van der Waals surface area contributed by atoms with E-state index in [1.807, 2.05) is 74.0 Å². The lowest BCUT2D eigenvalue weighted by Crippen LogP contribution is -2.14. The second kappa shape index (κ2) is 9.25. The molecule has 0 saturated heterocycles. The van der Waals surface area contributed by atoms with Crippen molar-refractivity contribution in [2.45, 2.75) is 25.1 Å². The van der Waals surface area contributed by atoms with E-state index in [1.165, 1.54) is 11.8 Å². The summed E-state index contributed by atoms with van der Waals surface area (Å²) >= 11 is 4.71. The molecule has 1 atom stereocenters. The van der Waals surface area contributed by atoms with E-state index in [1.54, 1.807) is 0 Å². The summed E-state index contributed by atoms with van der Waals surface area (Å²) in [5.74, 6) is 1.65. The fourth-order valence-electron chi connectivity index (χ4n) is 2.61. The predicted octanol–water partition coefficient (Wildman–Crippen LogP) is 4.76. The molecule has 2 aromatic carbocycles. The Hall–Kier alpha value is -2.32. The van der Waals surface area contributed by atoms with Gasteiger partial charge < -0.3 is 14.6 Å². The van der Waals surface area contributed by atoms with Gasteiger partial charge in [-0.15, -0.1) is 10.2 Å². The summed E-state index contributed by atoms with van der Waals surface area (Å²) in [6.45, 7) is 3.95. The van der Waals surface area contributed by atoms with Crippen molar-refractivity contribution in [3.63, 3.8) is 0 Å². The Bertz CT molecular complexity index is 959. The van der Waals surface area contributed by atoms with Crippen molar-refractivity contribution >= 4 is 39.3 Å². The van der Waals surface area contributed by atoms with Crippen LogP contribution in [0.15, 0.2) is 58.2 Å². The smallest absolute Gasteiger partial charge is 0.234 e. The Labute approximate surface area is 176 Å². The number of benzene rings is 2. The highest BCUT2D eigenvalue weighted by molar-refractivity contribution is 9.10. The molecule has 0 fully saturated rings. The summed E-state index contributed by atoms with van der Waals surface area (Å²) in [6, 6.07) is 15.3. The lowest BCUT2D eigenvalue weighted by atomic mass is 10.2. The number of rotatable bonds is 7. The number of hydrogen-bond acceptors (Lipinski definition) is 5. The first-order chi connectivity index (χ1) is 13.4. The van der Waals surface area contributed by atoms with E-state index >= 15 is 0 Å². The van der Waals surface area contributed by atoms with Gasteiger partial charge in [-0.1, -0.05) is 39.8 Å².